The van der Waals surface area contributed by atoms with Crippen LogP contribution in [0.25, 0.3) is 0 Å². The van der Waals surface area contributed by atoms with Crippen LogP contribution in [0.1, 0.15) is 13.8 Å². The molecular weight excluding hydrogens is 148 g/mol. The molecule has 0 spiro atoms. The molecule has 0 aromatic rings. The van der Waals surface area contributed by atoms with Crippen LogP contribution >= 0.6 is 0 Å². The van der Waals surface area contributed by atoms with E-state index in [4.69, 9.17) is 6.42 Å². The van der Waals surface area contributed by atoms with E-state index in [1.807, 2.05) is 6.21 Å². The van der Waals surface area contributed by atoms with Crippen molar-refractivity contribution in [2.75, 3.05) is 6.67 Å². The molecule has 1 aliphatic rings. The van der Waals surface area contributed by atoms with Gasteiger partial charge in [-0.05, 0) is 17.6 Å². The largest absolute Gasteiger partial charge is 0.291 e. The van der Waals surface area contributed by atoms with Crippen molar-refractivity contribution in [1.29, 1.82) is 0 Å². The standard InChI is InChI=1S/C10H14N2/c1-4-5-9-6-11-7-12-10(9)8(2)3/h1,5-6,8,10,12H,7H2,2-3H3/b9-5-/t10-/m0/s1. The second-order valence-electron chi connectivity index (χ2n) is 3.21. The molecule has 0 saturated carbocycles. The molecule has 12 heavy (non-hydrogen) atoms. The van der Waals surface area contributed by atoms with Crippen molar-refractivity contribution in [1.82, 2.24) is 5.32 Å². The van der Waals surface area contributed by atoms with Crippen LogP contribution < -0.4 is 5.32 Å². The number of rotatable bonds is 1. The highest BCUT2D eigenvalue weighted by Gasteiger charge is 2.17. The van der Waals surface area contributed by atoms with Crippen LogP contribution in [0, 0.1) is 18.3 Å². The molecule has 2 heteroatoms. The second kappa shape index (κ2) is 4.08. The van der Waals surface area contributed by atoms with Crippen molar-refractivity contribution < 1.29 is 0 Å². The highest BCUT2D eigenvalue weighted by molar-refractivity contribution is 5.81. The van der Waals surface area contributed by atoms with Gasteiger partial charge in [0.1, 0.15) is 0 Å². The number of hydrogen-bond acceptors (Lipinski definition) is 2. The van der Waals surface area contributed by atoms with E-state index < -0.39 is 0 Å². The van der Waals surface area contributed by atoms with Crippen LogP contribution in [0.15, 0.2) is 16.6 Å². The van der Waals surface area contributed by atoms with Gasteiger partial charge in [0.05, 0.1) is 6.67 Å². The number of hydrogen-bond donors (Lipinski definition) is 1. The molecule has 0 saturated heterocycles. The predicted molar refractivity (Wildman–Crippen MR) is 52.0 cm³/mol. The van der Waals surface area contributed by atoms with Crippen molar-refractivity contribution in [3.63, 3.8) is 0 Å². The normalized spacial score (nSPS) is 26.2. The Balaban J connectivity index is 2.81. The number of aliphatic imine (C=N–C) groups is 1. The van der Waals surface area contributed by atoms with Crippen LogP contribution in [-0.2, 0) is 0 Å². The van der Waals surface area contributed by atoms with E-state index in [0.29, 0.717) is 18.6 Å². The van der Waals surface area contributed by atoms with E-state index >= 15 is 0 Å². The summed E-state index contributed by atoms with van der Waals surface area (Å²) in [6.07, 6.45) is 8.85. The molecule has 0 amide bonds. The third kappa shape index (κ3) is 1.96. The molecule has 0 aromatic carbocycles. The summed E-state index contributed by atoms with van der Waals surface area (Å²) < 4.78 is 0. The molecule has 1 heterocycles. The SMILES string of the molecule is C#C/C=C1/C=NCN[C@H]1C(C)C. The fourth-order valence-electron chi connectivity index (χ4n) is 1.34. The lowest BCUT2D eigenvalue weighted by Crippen LogP contribution is -2.39. The molecule has 1 rings (SSSR count). The Hall–Kier alpha value is -1.07. The van der Waals surface area contributed by atoms with Gasteiger partial charge >= 0.3 is 0 Å². The van der Waals surface area contributed by atoms with Gasteiger partial charge in [0.15, 0.2) is 0 Å². The summed E-state index contributed by atoms with van der Waals surface area (Å²) in [5.41, 5.74) is 1.11. The quantitative estimate of drug-likeness (QED) is 0.576. The van der Waals surface area contributed by atoms with Gasteiger partial charge < -0.3 is 0 Å². The number of nitrogens with one attached hydrogen (secondary N) is 1. The topological polar surface area (TPSA) is 24.4 Å². The average molecular weight is 162 g/mol. The Labute approximate surface area is 73.8 Å². The van der Waals surface area contributed by atoms with Crippen LogP contribution in [0.2, 0.25) is 0 Å². The summed E-state index contributed by atoms with van der Waals surface area (Å²) >= 11 is 0. The van der Waals surface area contributed by atoms with E-state index in [1.165, 1.54) is 0 Å². The minimum Gasteiger partial charge on any atom is -0.291 e. The van der Waals surface area contributed by atoms with Crippen molar-refractivity contribution in [3.8, 4) is 12.3 Å². The molecule has 1 N–H and O–H groups in total. The van der Waals surface area contributed by atoms with Gasteiger partial charge in [0, 0.05) is 12.3 Å². The summed E-state index contributed by atoms with van der Waals surface area (Å²) in [5, 5.41) is 3.29. The molecule has 0 bridgehead atoms. The summed E-state index contributed by atoms with van der Waals surface area (Å²) in [6.45, 7) is 5.03. The molecule has 2 nitrogen and oxygen atoms in total. The molecule has 0 aromatic heterocycles. The summed E-state index contributed by atoms with van der Waals surface area (Å²) in [6, 6.07) is 0.360. The zero-order valence-corrected chi connectivity index (χ0v) is 7.54. The average Bonchev–Trinajstić information content (AvgIpc) is 2.05. The number of terminal acetylenes is 1. The minimum absolute atomic E-state index is 0.360. The fraction of sp³-hybridized carbons (Fsp3) is 0.500. The second-order valence-corrected chi connectivity index (χ2v) is 3.21. The predicted octanol–water partition coefficient (Wildman–Crippen LogP) is 1.20. The van der Waals surface area contributed by atoms with Gasteiger partial charge in [-0.15, -0.1) is 6.42 Å². The maximum absolute atomic E-state index is 5.21. The third-order valence-corrected chi connectivity index (χ3v) is 1.92. The van der Waals surface area contributed by atoms with Crippen LogP contribution in [-0.4, -0.2) is 18.9 Å². The Kier molecular flexibility index (Phi) is 3.07. The number of nitrogens with zero attached hydrogens (tertiary/aromatic N) is 1. The van der Waals surface area contributed by atoms with Crippen LogP contribution in [0.3, 0.4) is 0 Å². The Bertz CT molecular complexity index is 243. The maximum atomic E-state index is 5.21. The van der Waals surface area contributed by atoms with Crippen molar-refractivity contribution in [3.05, 3.63) is 11.6 Å². The highest BCUT2D eigenvalue weighted by Crippen LogP contribution is 2.12. The number of allylic oxidation sites excluding steroid dienone is 1. The van der Waals surface area contributed by atoms with E-state index in [0.717, 1.165) is 5.57 Å². The molecule has 0 radical (unpaired) electrons. The lowest BCUT2D eigenvalue weighted by atomic mass is 9.95. The minimum atomic E-state index is 0.360. The van der Waals surface area contributed by atoms with Gasteiger partial charge in [-0.25, -0.2) is 0 Å². The van der Waals surface area contributed by atoms with Gasteiger partial charge in [0.2, 0.25) is 0 Å². The van der Waals surface area contributed by atoms with Crippen LogP contribution in [0.5, 0.6) is 0 Å². The van der Waals surface area contributed by atoms with E-state index in [9.17, 15) is 0 Å². The zero-order valence-electron chi connectivity index (χ0n) is 7.54. The van der Waals surface area contributed by atoms with Gasteiger partial charge in [-0.3, -0.25) is 10.3 Å². The monoisotopic (exact) mass is 162 g/mol. The Morgan fingerprint density at radius 2 is 2.58 bits per heavy atom. The van der Waals surface area contributed by atoms with Crippen molar-refractivity contribution in [2.24, 2.45) is 10.9 Å². The summed E-state index contributed by atoms with van der Waals surface area (Å²) in [5.74, 6) is 3.08. The van der Waals surface area contributed by atoms with Gasteiger partial charge in [-0.2, -0.15) is 0 Å². The lowest BCUT2D eigenvalue weighted by molar-refractivity contribution is 0.455. The smallest absolute Gasteiger partial charge is 0.0889 e. The third-order valence-electron chi connectivity index (χ3n) is 1.92. The molecule has 0 aliphatic carbocycles. The first-order valence-electron chi connectivity index (χ1n) is 4.15. The first kappa shape index (κ1) is 9.02. The van der Waals surface area contributed by atoms with Crippen molar-refractivity contribution in [2.45, 2.75) is 19.9 Å². The van der Waals surface area contributed by atoms with Gasteiger partial charge in [-0.1, -0.05) is 19.8 Å². The van der Waals surface area contributed by atoms with Crippen LogP contribution in [0.4, 0.5) is 0 Å². The molecule has 1 atom stereocenters. The van der Waals surface area contributed by atoms with Crippen molar-refractivity contribution >= 4 is 6.21 Å². The van der Waals surface area contributed by atoms with E-state index in [-0.39, 0.29) is 0 Å². The zero-order chi connectivity index (χ0) is 8.97. The molecule has 0 fully saturated rings. The summed E-state index contributed by atoms with van der Waals surface area (Å²) in [7, 11) is 0. The molecule has 64 valence electrons. The van der Waals surface area contributed by atoms with E-state index in [2.05, 4.69) is 30.1 Å². The fourth-order valence-corrected chi connectivity index (χ4v) is 1.34. The Morgan fingerprint density at radius 1 is 1.83 bits per heavy atom. The maximum Gasteiger partial charge on any atom is 0.0889 e. The van der Waals surface area contributed by atoms with Gasteiger partial charge in [0.25, 0.3) is 0 Å². The molecule has 0 unspecified atom stereocenters. The lowest BCUT2D eigenvalue weighted by Gasteiger charge is -2.25. The summed E-state index contributed by atoms with van der Waals surface area (Å²) in [4.78, 5) is 4.11. The van der Waals surface area contributed by atoms with E-state index in [1.54, 1.807) is 6.08 Å². The first-order valence-corrected chi connectivity index (χ1v) is 4.15. The Morgan fingerprint density at radius 3 is 3.17 bits per heavy atom. The first-order chi connectivity index (χ1) is 5.75. The highest BCUT2D eigenvalue weighted by atomic mass is 15.1. The molecule has 1 aliphatic heterocycles. The molecular formula is C10H14N2.